The van der Waals surface area contributed by atoms with E-state index in [9.17, 15) is 14.0 Å². The molecule has 0 spiro atoms. The van der Waals surface area contributed by atoms with Crippen molar-refractivity contribution in [3.63, 3.8) is 0 Å². The highest BCUT2D eigenvalue weighted by Crippen LogP contribution is 2.16. The molecule has 5 heteroatoms. The third kappa shape index (κ3) is 1.95. The molecule has 94 valence electrons. The number of ketones is 1. The van der Waals surface area contributed by atoms with Gasteiger partial charge in [-0.3, -0.25) is 4.79 Å². The summed E-state index contributed by atoms with van der Waals surface area (Å²) in [6, 6.07) is 10.5. The number of rotatable bonds is 2. The Kier molecular flexibility index (Phi) is 2.52. The highest BCUT2D eigenvalue weighted by atomic mass is 19.1. The average Bonchev–Trinajstić information content (AvgIpc) is 2.77. The Bertz CT molecular complexity index is 833. The van der Waals surface area contributed by atoms with Gasteiger partial charge >= 0.3 is 5.69 Å². The summed E-state index contributed by atoms with van der Waals surface area (Å²) >= 11 is 0. The van der Waals surface area contributed by atoms with Crippen molar-refractivity contribution in [2.75, 3.05) is 0 Å². The fraction of sp³-hybridized carbons (Fsp3) is 0. The van der Waals surface area contributed by atoms with Crippen molar-refractivity contribution in [1.29, 1.82) is 0 Å². The highest BCUT2D eigenvalue weighted by molar-refractivity contribution is 6.10. The number of halogens is 1. The molecular formula is C14H9FN2O2. The molecule has 0 aliphatic heterocycles. The first-order valence-electron chi connectivity index (χ1n) is 5.66. The van der Waals surface area contributed by atoms with Crippen molar-refractivity contribution in [3.05, 3.63) is 69.9 Å². The predicted molar refractivity (Wildman–Crippen MR) is 68.8 cm³/mol. The van der Waals surface area contributed by atoms with Crippen molar-refractivity contribution in [2.45, 2.75) is 0 Å². The van der Waals surface area contributed by atoms with E-state index in [0.717, 1.165) is 0 Å². The standard InChI is InChI=1S/C14H9FN2O2/c15-10-4-2-1-3-9(10)13(18)8-5-6-11-12(7-8)17-14(19)16-11/h1-7H,(H2,16,17,19). The molecule has 0 radical (unpaired) electrons. The molecule has 0 aliphatic carbocycles. The van der Waals surface area contributed by atoms with Crippen LogP contribution >= 0.6 is 0 Å². The van der Waals surface area contributed by atoms with Gasteiger partial charge in [-0.25, -0.2) is 9.18 Å². The van der Waals surface area contributed by atoms with Crippen molar-refractivity contribution in [2.24, 2.45) is 0 Å². The zero-order valence-corrected chi connectivity index (χ0v) is 9.74. The summed E-state index contributed by atoms with van der Waals surface area (Å²) in [5.74, 6) is -0.975. The molecule has 0 amide bonds. The lowest BCUT2D eigenvalue weighted by molar-refractivity contribution is 0.103. The predicted octanol–water partition coefficient (Wildman–Crippen LogP) is 2.23. The van der Waals surface area contributed by atoms with Gasteiger partial charge in [0.2, 0.25) is 0 Å². The number of H-pyrrole nitrogens is 2. The molecule has 2 aromatic carbocycles. The van der Waals surface area contributed by atoms with Crippen molar-refractivity contribution < 1.29 is 9.18 Å². The molecule has 19 heavy (non-hydrogen) atoms. The first-order chi connectivity index (χ1) is 9.15. The van der Waals surface area contributed by atoms with Gasteiger partial charge in [0, 0.05) is 5.56 Å². The Hall–Kier alpha value is -2.69. The number of nitrogens with one attached hydrogen (secondary N) is 2. The molecule has 0 saturated heterocycles. The summed E-state index contributed by atoms with van der Waals surface area (Å²) in [6.07, 6.45) is 0. The number of hydrogen-bond acceptors (Lipinski definition) is 2. The number of hydrogen-bond donors (Lipinski definition) is 2. The Balaban J connectivity index is 2.11. The minimum Gasteiger partial charge on any atom is -0.306 e. The normalized spacial score (nSPS) is 10.8. The van der Waals surface area contributed by atoms with E-state index < -0.39 is 11.6 Å². The van der Waals surface area contributed by atoms with Crippen molar-refractivity contribution in [3.8, 4) is 0 Å². The van der Waals surface area contributed by atoms with Gasteiger partial charge in [0.15, 0.2) is 5.78 Å². The molecule has 3 aromatic rings. The minimum absolute atomic E-state index is 0.0136. The number of benzene rings is 2. The van der Waals surface area contributed by atoms with Crippen LogP contribution in [0.5, 0.6) is 0 Å². The van der Waals surface area contributed by atoms with Crippen LogP contribution < -0.4 is 5.69 Å². The van der Waals surface area contributed by atoms with Crippen LogP contribution in [0.2, 0.25) is 0 Å². The number of fused-ring (bicyclic) bond motifs is 1. The SMILES string of the molecule is O=C(c1ccc2[nH]c(=O)[nH]c2c1)c1ccccc1F. The zero-order chi connectivity index (χ0) is 13.4. The van der Waals surface area contributed by atoms with Crippen molar-refractivity contribution >= 4 is 16.8 Å². The maximum atomic E-state index is 13.6. The molecule has 4 nitrogen and oxygen atoms in total. The quantitative estimate of drug-likeness (QED) is 0.690. The largest absolute Gasteiger partial charge is 0.323 e. The Labute approximate surface area is 106 Å². The number of carbonyl (C=O) groups is 1. The summed E-state index contributed by atoms with van der Waals surface area (Å²) in [5, 5.41) is 0. The number of carbonyl (C=O) groups excluding carboxylic acids is 1. The van der Waals surface area contributed by atoms with Crippen LogP contribution in [-0.4, -0.2) is 15.8 Å². The van der Waals surface area contributed by atoms with E-state index in [4.69, 9.17) is 0 Å². The number of aromatic nitrogens is 2. The van der Waals surface area contributed by atoms with E-state index in [1.54, 1.807) is 18.2 Å². The van der Waals surface area contributed by atoms with Crippen LogP contribution in [0.4, 0.5) is 4.39 Å². The molecule has 0 aliphatic rings. The van der Waals surface area contributed by atoms with E-state index >= 15 is 0 Å². The summed E-state index contributed by atoms with van der Waals surface area (Å²) in [7, 11) is 0. The third-order valence-corrected chi connectivity index (χ3v) is 2.90. The maximum Gasteiger partial charge on any atom is 0.323 e. The second-order valence-corrected chi connectivity index (χ2v) is 4.15. The fourth-order valence-electron chi connectivity index (χ4n) is 1.97. The molecule has 0 fully saturated rings. The van der Waals surface area contributed by atoms with Crippen LogP contribution in [0.1, 0.15) is 15.9 Å². The molecule has 2 N–H and O–H groups in total. The Morgan fingerprint density at radius 1 is 1.00 bits per heavy atom. The van der Waals surface area contributed by atoms with E-state index in [2.05, 4.69) is 9.97 Å². The van der Waals surface area contributed by atoms with Crippen LogP contribution in [0.15, 0.2) is 47.3 Å². The smallest absolute Gasteiger partial charge is 0.306 e. The summed E-state index contributed by atoms with van der Waals surface area (Å²) < 4.78 is 13.6. The van der Waals surface area contributed by atoms with Gasteiger partial charge < -0.3 is 9.97 Å². The second kappa shape index (κ2) is 4.20. The van der Waals surface area contributed by atoms with E-state index in [0.29, 0.717) is 16.6 Å². The molecule has 0 saturated carbocycles. The van der Waals surface area contributed by atoms with Gasteiger partial charge in [0.1, 0.15) is 5.82 Å². The van der Waals surface area contributed by atoms with Gasteiger partial charge in [-0.15, -0.1) is 0 Å². The minimum atomic E-state index is -0.560. The lowest BCUT2D eigenvalue weighted by Gasteiger charge is -2.02. The molecular weight excluding hydrogens is 247 g/mol. The molecule has 1 aromatic heterocycles. The molecule has 0 atom stereocenters. The highest BCUT2D eigenvalue weighted by Gasteiger charge is 2.14. The lowest BCUT2D eigenvalue weighted by atomic mass is 10.0. The average molecular weight is 256 g/mol. The summed E-state index contributed by atoms with van der Waals surface area (Å²) in [6.45, 7) is 0. The van der Waals surface area contributed by atoms with E-state index in [1.165, 1.54) is 24.3 Å². The third-order valence-electron chi connectivity index (χ3n) is 2.90. The molecule has 0 unspecified atom stereocenters. The van der Waals surface area contributed by atoms with Gasteiger partial charge in [-0.2, -0.15) is 0 Å². The van der Waals surface area contributed by atoms with Crippen LogP contribution in [0.25, 0.3) is 11.0 Å². The topological polar surface area (TPSA) is 65.7 Å². The number of imidazole rings is 1. The van der Waals surface area contributed by atoms with Crippen LogP contribution in [-0.2, 0) is 0 Å². The first kappa shape index (κ1) is 11.4. The molecule has 1 heterocycles. The van der Waals surface area contributed by atoms with E-state index in [1.807, 2.05) is 0 Å². The zero-order valence-electron chi connectivity index (χ0n) is 9.74. The van der Waals surface area contributed by atoms with Gasteiger partial charge in [0.25, 0.3) is 0 Å². The lowest BCUT2D eigenvalue weighted by Crippen LogP contribution is -2.03. The number of aromatic amines is 2. The van der Waals surface area contributed by atoms with Gasteiger partial charge in [0.05, 0.1) is 16.6 Å². The van der Waals surface area contributed by atoms with Gasteiger partial charge in [-0.05, 0) is 30.3 Å². The Morgan fingerprint density at radius 2 is 1.74 bits per heavy atom. The van der Waals surface area contributed by atoms with Crippen LogP contribution in [0, 0.1) is 5.82 Å². The van der Waals surface area contributed by atoms with Gasteiger partial charge in [-0.1, -0.05) is 12.1 Å². The van der Waals surface area contributed by atoms with Crippen LogP contribution in [0.3, 0.4) is 0 Å². The maximum absolute atomic E-state index is 13.6. The molecule has 3 rings (SSSR count). The van der Waals surface area contributed by atoms with E-state index in [-0.39, 0.29) is 11.3 Å². The monoisotopic (exact) mass is 256 g/mol. The molecule has 0 bridgehead atoms. The first-order valence-corrected chi connectivity index (χ1v) is 5.66. The summed E-state index contributed by atoms with van der Waals surface area (Å²) in [5.41, 5.74) is 1.13. The Morgan fingerprint density at radius 3 is 2.53 bits per heavy atom. The second-order valence-electron chi connectivity index (χ2n) is 4.15. The fourth-order valence-corrected chi connectivity index (χ4v) is 1.97. The van der Waals surface area contributed by atoms with Crippen molar-refractivity contribution in [1.82, 2.24) is 9.97 Å². The summed E-state index contributed by atoms with van der Waals surface area (Å²) in [4.78, 5) is 28.5.